The Labute approximate surface area is 174 Å². The van der Waals surface area contributed by atoms with Crippen LogP contribution in [0.5, 0.6) is 0 Å². The molecule has 30 heavy (non-hydrogen) atoms. The Bertz CT molecular complexity index is 1150. The van der Waals surface area contributed by atoms with Gasteiger partial charge in [0.15, 0.2) is 0 Å². The molecule has 0 bridgehead atoms. The highest BCUT2D eigenvalue weighted by Gasteiger charge is 2.29. The molecule has 1 atom stereocenters. The maximum absolute atomic E-state index is 14.4. The van der Waals surface area contributed by atoms with Gasteiger partial charge in [0.1, 0.15) is 22.1 Å². The smallest absolute Gasteiger partial charge is 0.251 e. The molecule has 0 spiro atoms. The summed E-state index contributed by atoms with van der Waals surface area (Å²) < 4.78 is 47.2. The third-order valence-corrected chi connectivity index (χ3v) is 7.26. The minimum Gasteiger partial charge on any atom is -0.459 e. The quantitative estimate of drug-likeness (QED) is 0.657. The van der Waals surface area contributed by atoms with E-state index in [2.05, 4.69) is 5.32 Å². The Morgan fingerprint density at radius 1 is 1.10 bits per heavy atom. The molecule has 2 aromatic carbocycles. The van der Waals surface area contributed by atoms with Crippen molar-refractivity contribution in [3.63, 3.8) is 0 Å². The second kappa shape index (κ2) is 8.20. The van der Waals surface area contributed by atoms with Gasteiger partial charge in [0.25, 0.3) is 5.91 Å². The number of sulfonamides is 1. The zero-order valence-corrected chi connectivity index (χ0v) is 17.4. The number of piperidine rings is 1. The van der Waals surface area contributed by atoms with E-state index in [1.165, 1.54) is 10.4 Å². The van der Waals surface area contributed by atoms with Gasteiger partial charge < -0.3 is 9.73 Å². The summed E-state index contributed by atoms with van der Waals surface area (Å²) in [5, 5.41) is 3.71. The van der Waals surface area contributed by atoms with Crippen molar-refractivity contribution in [3.05, 3.63) is 65.7 Å². The largest absolute Gasteiger partial charge is 0.459 e. The van der Waals surface area contributed by atoms with E-state index in [-0.39, 0.29) is 5.56 Å². The molecule has 1 fully saturated rings. The number of rotatable bonds is 5. The van der Waals surface area contributed by atoms with Crippen molar-refractivity contribution < 1.29 is 22.0 Å². The fourth-order valence-electron chi connectivity index (χ4n) is 3.65. The number of fused-ring (bicyclic) bond motifs is 1. The number of benzene rings is 2. The molecule has 3 aromatic rings. The standard InChI is InChI=1S/C22H23FN2O4S/c1-15(20-13-16-7-3-4-8-19(16)29-20)24-22(26)17-9-10-18(23)21(14-17)30(27,28)25-11-5-2-6-12-25/h3-4,7-10,13-15H,2,5-6,11-12H2,1H3,(H,24,26). The van der Waals surface area contributed by atoms with Gasteiger partial charge in [0, 0.05) is 24.0 Å². The number of para-hydroxylation sites is 1. The van der Waals surface area contributed by atoms with Gasteiger partial charge in [-0.2, -0.15) is 4.31 Å². The number of hydrogen-bond donors (Lipinski definition) is 1. The molecular weight excluding hydrogens is 407 g/mol. The lowest BCUT2D eigenvalue weighted by molar-refractivity contribution is 0.0935. The van der Waals surface area contributed by atoms with Crippen LogP contribution in [0.1, 0.15) is 48.3 Å². The lowest BCUT2D eigenvalue weighted by Crippen LogP contribution is -2.36. The number of carbonyl (C=O) groups is 1. The minimum absolute atomic E-state index is 0.0787. The molecule has 4 rings (SSSR count). The summed E-state index contributed by atoms with van der Waals surface area (Å²) in [5.74, 6) is -0.784. The molecule has 6 nitrogen and oxygen atoms in total. The van der Waals surface area contributed by atoms with E-state index in [4.69, 9.17) is 4.42 Å². The predicted octanol–water partition coefficient (Wildman–Crippen LogP) is 4.24. The van der Waals surface area contributed by atoms with Gasteiger partial charge in [-0.05, 0) is 50.1 Å². The summed E-state index contributed by atoms with van der Waals surface area (Å²) >= 11 is 0. The van der Waals surface area contributed by atoms with Crippen LogP contribution in [0.3, 0.4) is 0 Å². The fourth-order valence-corrected chi connectivity index (χ4v) is 5.26. The highest BCUT2D eigenvalue weighted by molar-refractivity contribution is 7.89. The second-order valence-corrected chi connectivity index (χ2v) is 9.40. The van der Waals surface area contributed by atoms with Gasteiger partial charge in [-0.25, -0.2) is 12.8 Å². The molecule has 1 N–H and O–H groups in total. The van der Waals surface area contributed by atoms with Crippen molar-refractivity contribution in [1.29, 1.82) is 0 Å². The normalized spacial score (nSPS) is 16.5. The average Bonchev–Trinajstić information content (AvgIpc) is 3.19. The van der Waals surface area contributed by atoms with Gasteiger partial charge in [-0.15, -0.1) is 0 Å². The molecule has 0 aliphatic carbocycles. The zero-order valence-electron chi connectivity index (χ0n) is 16.6. The molecule has 2 heterocycles. The van der Waals surface area contributed by atoms with E-state index in [9.17, 15) is 17.6 Å². The molecule has 0 saturated carbocycles. The van der Waals surface area contributed by atoms with Crippen LogP contribution < -0.4 is 5.32 Å². The second-order valence-electron chi connectivity index (χ2n) is 7.49. The first-order chi connectivity index (χ1) is 14.4. The fraction of sp³-hybridized carbons (Fsp3) is 0.318. The summed E-state index contributed by atoms with van der Waals surface area (Å²) in [4.78, 5) is 12.3. The number of nitrogens with zero attached hydrogens (tertiary/aromatic N) is 1. The molecule has 1 amide bonds. The summed E-state index contributed by atoms with van der Waals surface area (Å²) in [7, 11) is -3.99. The van der Waals surface area contributed by atoms with Crippen molar-refractivity contribution in [1.82, 2.24) is 9.62 Å². The molecule has 1 unspecified atom stereocenters. The van der Waals surface area contributed by atoms with Crippen LogP contribution in [0, 0.1) is 5.82 Å². The highest BCUT2D eigenvalue weighted by atomic mass is 32.2. The zero-order chi connectivity index (χ0) is 21.3. The number of hydrogen-bond acceptors (Lipinski definition) is 4. The first-order valence-corrected chi connectivity index (χ1v) is 11.4. The van der Waals surface area contributed by atoms with E-state index < -0.39 is 32.7 Å². The van der Waals surface area contributed by atoms with Crippen LogP contribution in [0.4, 0.5) is 4.39 Å². The molecule has 1 aliphatic rings. The molecular formula is C22H23FN2O4S. The van der Waals surface area contributed by atoms with Crippen molar-refractivity contribution in [3.8, 4) is 0 Å². The molecule has 158 valence electrons. The van der Waals surface area contributed by atoms with E-state index in [0.717, 1.165) is 36.8 Å². The van der Waals surface area contributed by atoms with Crippen molar-refractivity contribution >= 4 is 26.9 Å². The predicted molar refractivity (Wildman–Crippen MR) is 111 cm³/mol. The van der Waals surface area contributed by atoms with Crippen molar-refractivity contribution in [2.75, 3.05) is 13.1 Å². The van der Waals surface area contributed by atoms with Crippen LogP contribution in [0.15, 0.2) is 57.8 Å². The van der Waals surface area contributed by atoms with Crippen LogP contribution in [-0.4, -0.2) is 31.7 Å². The first kappa shape index (κ1) is 20.6. The number of halogens is 1. The third-order valence-electron chi connectivity index (χ3n) is 5.35. The summed E-state index contributed by atoms with van der Waals surface area (Å²) in [6.07, 6.45) is 2.45. The lowest BCUT2D eigenvalue weighted by Gasteiger charge is -2.26. The molecule has 1 aliphatic heterocycles. The van der Waals surface area contributed by atoms with Crippen molar-refractivity contribution in [2.45, 2.75) is 37.1 Å². The molecule has 8 heteroatoms. The van der Waals surface area contributed by atoms with Crippen LogP contribution in [0.2, 0.25) is 0 Å². The number of nitrogens with one attached hydrogen (secondary N) is 1. The molecule has 1 aromatic heterocycles. The maximum Gasteiger partial charge on any atom is 0.251 e. The average molecular weight is 431 g/mol. The minimum atomic E-state index is -3.99. The summed E-state index contributed by atoms with van der Waals surface area (Å²) in [6.45, 7) is 2.49. The lowest BCUT2D eigenvalue weighted by atomic mass is 10.1. The third kappa shape index (κ3) is 3.97. The Morgan fingerprint density at radius 2 is 1.83 bits per heavy atom. The van der Waals surface area contributed by atoms with Gasteiger partial charge in [-0.3, -0.25) is 4.79 Å². The summed E-state index contributed by atoms with van der Waals surface area (Å²) in [6, 6.07) is 12.3. The van der Waals surface area contributed by atoms with Gasteiger partial charge in [0.05, 0.1) is 6.04 Å². The maximum atomic E-state index is 14.4. The van der Waals surface area contributed by atoms with E-state index >= 15 is 0 Å². The van der Waals surface area contributed by atoms with Crippen LogP contribution in [0.25, 0.3) is 11.0 Å². The van der Waals surface area contributed by atoms with E-state index in [0.29, 0.717) is 24.4 Å². The Morgan fingerprint density at radius 3 is 2.57 bits per heavy atom. The van der Waals surface area contributed by atoms with Crippen LogP contribution in [-0.2, 0) is 10.0 Å². The Hall–Kier alpha value is -2.71. The highest BCUT2D eigenvalue weighted by Crippen LogP contribution is 2.26. The van der Waals surface area contributed by atoms with Gasteiger partial charge >= 0.3 is 0 Å². The monoisotopic (exact) mass is 430 g/mol. The Kier molecular flexibility index (Phi) is 5.62. The first-order valence-electron chi connectivity index (χ1n) is 9.95. The SMILES string of the molecule is CC(NC(=O)c1ccc(F)c(S(=O)(=O)N2CCCCC2)c1)c1cc2ccccc2o1. The number of amides is 1. The number of carbonyl (C=O) groups excluding carboxylic acids is 1. The molecule has 1 saturated heterocycles. The van der Waals surface area contributed by atoms with E-state index in [1.807, 2.05) is 30.3 Å². The van der Waals surface area contributed by atoms with E-state index in [1.54, 1.807) is 6.92 Å². The topological polar surface area (TPSA) is 79.6 Å². The summed E-state index contributed by atoms with van der Waals surface area (Å²) in [5.41, 5.74) is 0.792. The van der Waals surface area contributed by atoms with Gasteiger partial charge in [0.2, 0.25) is 10.0 Å². The Balaban J connectivity index is 1.56. The van der Waals surface area contributed by atoms with Crippen molar-refractivity contribution in [2.24, 2.45) is 0 Å². The van der Waals surface area contributed by atoms with Crippen LogP contribution >= 0.6 is 0 Å². The molecule has 0 radical (unpaired) electrons. The van der Waals surface area contributed by atoms with Gasteiger partial charge in [-0.1, -0.05) is 24.6 Å². The number of furan rings is 1.